The van der Waals surface area contributed by atoms with Gasteiger partial charge in [0.1, 0.15) is 0 Å². The fourth-order valence-electron chi connectivity index (χ4n) is 3.31. The second-order valence-corrected chi connectivity index (χ2v) is 8.44. The van der Waals surface area contributed by atoms with Gasteiger partial charge in [-0.25, -0.2) is 8.42 Å². The third kappa shape index (κ3) is 3.89. The Bertz CT molecular complexity index is 597. The van der Waals surface area contributed by atoms with E-state index in [0.29, 0.717) is 11.4 Å². The molecule has 0 unspecified atom stereocenters. The van der Waals surface area contributed by atoms with Gasteiger partial charge in [0.05, 0.1) is 4.90 Å². The number of aryl methyl sites for hydroxylation is 3. The molecule has 0 bridgehead atoms. The molecule has 5 heteroatoms. The number of piperidine rings is 1. The fourth-order valence-corrected chi connectivity index (χ4v) is 4.88. The second-order valence-electron chi connectivity index (χ2n) is 6.46. The maximum Gasteiger partial charge on any atom is 0.243 e. The smallest absolute Gasteiger partial charge is 0.243 e. The molecule has 1 aromatic rings. The van der Waals surface area contributed by atoms with E-state index in [0.717, 1.165) is 36.3 Å². The fraction of sp³-hybridized carbons (Fsp3) is 0.647. The van der Waals surface area contributed by atoms with Gasteiger partial charge in [0, 0.05) is 20.1 Å². The van der Waals surface area contributed by atoms with Gasteiger partial charge in [-0.15, -0.1) is 0 Å². The maximum atomic E-state index is 12.9. The van der Waals surface area contributed by atoms with Crippen molar-refractivity contribution in [2.75, 3.05) is 33.2 Å². The molecule has 124 valence electrons. The van der Waals surface area contributed by atoms with Crippen molar-refractivity contribution in [3.05, 3.63) is 28.8 Å². The first-order chi connectivity index (χ1) is 10.3. The predicted octanol–water partition coefficient (Wildman–Crippen LogP) is 2.72. The van der Waals surface area contributed by atoms with Crippen LogP contribution in [0.2, 0.25) is 0 Å². The Morgan fingerprint density at radius 3 is 2.14 bits per heavy atom. The van der Waals surface area contributed by atoms with Crippen molar-refractivity contribution in [1.29, 1.82) is 0 Å². The van der Waals surface area contributed by atoms with Gasteiger partial charge in [0.2, 0.25) is 10.0 Å². The van der Waals surface area contributed by atoms with Crippen molar-refractivity contribution in [2.24, 2.45) is 0 Å². The lowest BCUT2D eigenvalue weighted by molar-refractivity contribution is 0.218. The highest BCUT2D eigenvalue weighted by molar-refractivity contribution is 7.89. The third-order valence-electron chi connectivity index (χ3n) is 4.45. The summed E-state index contributed by atoms with van der Waals surface area (Å²) in [5, 5.41) is 0. The zero-order valence-electron chi connectivity index (χ0n) is 14.2. The van der Waals surface area contributed by atoms with Gasteiger partial charge in [-0.05, 0) is 57.8 Å². The van der Waals surface area contributed by atoms with Crippen LogP contribution in [0, 0.1) is 20.8 Å². The van der Waals surface area contributed by atoms with Crippen LogP contribution in [0.3, 0.4) is 0 Å². The lowest BCUT2D eigenvalue weighted by atomic mass is 10.1. The Kier molecular flexibility index (Phi) is 5.64. The minimum absolute atomic E-state index is 0.472. The standard InChI is InChI=1S/C17H28N2O2S/c1-14-12-15(2)17(16(3)13-14)22(20,21)18(4)10-11-19-8-6-5-7-9-19/h12-13H,5-11H2,1-4H3. The van der Waals surface area contributed by atoms with Gasteiger partial charge in [0.25, 0.3) is 0 Å². The Hall–Kier alpha value is -0.910. The van der Waals surface area contributed by atoms with E-state index < -0.39 is 10.0 Å². The summed E-state index contributed by atoms with van der Waals surface area (Å²) in [4.78, 5) is 2.84. The Balaban J connectivity index is 2.12. The van der Waals surface area contributed by atoms with Gasteiger partial charge in [-0.3, -0.25) is 0 Å². The summed E-state index contributed by atoms with van der Waals surface area (Å²) >= 11 is 0. The monoisotopic (exact) mass is 324 g/mol. The molecule has 0 atom stereocenters. The van der Waals surface area contributed by atoms with E-state index in [1.54, 1.807) is 7.05 Å². The molecule has 0 N–H and O–H groups in total. The van der Waals surface area contributed by atoms with Crippen molar-refractivity contribution in [3.8, 4) is 0 Å². The molecule has 1 aliphatic heterocycles. The van der Waals surface area contributed by atoms with Crippen LogP contribution in [0.4, 0.5) is 0 Å². The van der Waals surface area contributed by atoms with Gasteiger partial charge in [-0.1, -0.05) is 24.1 Å². The lowest BCUT2D eigenvalue weighted by Crippen LogP contribution is -2.39. The molecule has 1 aliphatic rings. The summed E-state index contributed by atoms with van der Waals surface area (Å²) < 4.78 is 27.2. The third-order valence-corrected chi connectivity index (χ3v) is 6.62. The second kappa shape index (κ2) is 7.11. The number of likely N-dealkylation sites (tertiary alicyclic amines) is 1. The quantitative estimate of drug-likeness (QED) is 0.836. The van der Waals surface area contributed by atoms with Crippen LogP contribution in [0.5, 0.6) is 0 Å². The van der Waals surface area contributed by atoms with Gasteiger partial charge in [0.15, 0.2) is 0 Å². The van der Waals surface area contributed by atoms with Crippen molar-refractivity contribution in [2.45, 2.75) is 44.9 Å². The van der Waals surface area contributed by atoms with Crippen LogP contribution in [0.15, 0.2) is 17.0 Å². The SMILES string of the molecule is Cc1cc(C)c(S(=O)(=O)N(C)CCN2CCCCC2)c(C)c1. The Labute approximate surface area is 135 Å². The average molecular weight is 324 g/mol. The molecule has 1 aromatic carbocycles. The molecular formula is C17H28N2O2S. The summed E-state index contributed by atoms with van der Waals surface area (Å²) in [5.41, 5.74) is 2.77. The zero-order valence-corrected chi connectivity index (χ0v) is 15.0. The first-order valence-electron chi connectivity index (χ1n) is 8.09. The minimum atomic E-state index is -3.41. The summed E-state index contributed by atoms with van der Waals surface area (Å²) in [6.07, 6.45) is 3.76. The molecule has 2 rings (SSSR count). The number of rotatable bonds is 5. The Morgan fingerprint density at radius 1 is 1.05 bits per heavy atom. The van der Waals surface area contributed by atoms with Gasteiger partial charge < -0.3 is 4.90 Å². The van der Waals surface area contributed by atoms with Crippen LogP contribution < -0.4 is 0 Å². The topological polar surface area (TPSA) is 40.6 Å². The zero-order chi connectivity index (χ0) is 16.3. The maximum absolute atomic E-state index is 12.9. The van der Waals surface area contributed by atoms with Crippen LogP contribution in [0.1, 0.15) is 36.0 Å². The van der Waals surface area contributed by atoms with E-state index in [4.69, 9.17) is 0 Å². The van der Waals surface area contributed by atoms with Crippen molar-refractivity contribution in [1.82, 2.24) is 9.21 Å². The molecule has 1 heterocycles. The molecule has 4 nitrogen and oxygen atoms in total. The van der Waals surface area contributed by atoms with E-state index in [-0.39, 0.29) is 0 Å². The number of hydrogen-bond donors (Lipinski definition) is 0. The number of nitrogens with zero attached hydrogens (tertiary/aromatic N) is 2. The average Bonchev–Trinajstić information content (AvgIpc) is 2.44. The Morgan fingerprint density at radius 2 is 1.59 bits per heavy atom. The molecule has 0 aromatic heterocycles. The first kappa shape index (κ1) is 17.4. The lowest BCUT2D eigenvalue weighted by Gasteiger charge is -2.28. The van der Waals surface area contributed by atoms with Crippen molar-refractivity contribution < 1.29 is 8.42 Å². The highest BCUT2D eigenvalue weighted by Gasteiger charge is 2.25. The van der Waals surface area contributed by atoms with Gasteiger partial charge in [-0.2, -0.15) is 4.31 Å². The molecule has 0 saturated carbocycles. The molecule has 0 radical (unpaired) electrons. The van der Waals surface area contributed by atoms with E-state index in [2.05, 4.69) is 4.90 Å². The van der Waals surface area contributed by atoms with Crippen molar-refractivity contribution >= 4 is 10.0 Å². The summed E-state index contributed by atoms with van der Waals surface area (Å²) in [5.74, 6) is 0. The minimum Gasteiger partial charge on any atom is -0.302 e. The van der Waals surface area contributed by atoms with Crippen LogP contribution >= 0.6 is 0 Å². The number of sulfonamides is 1. The molecule has 0 spiro atoms. The highest BCUT2D eigenvalue weighted by Crippen LogP contribution is 2.24. The molecule has 0 aliphatic carbocycles. The van der Waals surface area contributed by atoms with Crippen LogP contribution in [0.25, 0.3) is 0 Å². The van der Waals surface area contributed by atoms with E-state index >= 15 is 0 Å². The molecule has 1 saturated heterocycles. The number of hydrogen-bond acceptors (Lipinski definition) is 3. The van der Waals surface area contributed by atoms with Gasteiger partial charge >= 0.3 is 0 Å². The molecular weight excluding hydrogens is 296 g/mol. The molecule has 0 amide bonds. The predicted molar refractivity (Wildman–Crippen MR) is 90.8 cm³/mol. The van der Waals surface area contributed by atoms with Crippen molar-refractivity contribution in [3.63, 3.8) is 0 Å². The van der Waals surface area contributed by atoms with Crippen LogP contribution in [-0.2, 0) is 10.0 Å². The summed E-state index contributed by atoms with van der Waals surface area (Å²) in [6, 6.07) is 3.89. The summed E-state index contributed by atoms with van der Waals surface area (Å²) in [7, 11) is -1.72. The highest BCUT2D eigenvalue weighted by atomic mass is 32.2. The van der Waals surface area contributed by atoms with E-state index in [1.165, 1.54) is 23.6 Å². The molecule has 22 heavy (non-hydrogen) atoms. The number of benzene rings is 1. The first-order valence-corrected chi connectivity index (χ1v) is 9.53. The van der Waals surface area contributed by atoms with E-state index in [9.17, 15) is 8.42 Å². The largest absolute Gasteiger partial charge is 0.302 e. The number of likely N-dealkylation sites (N-methyl/N-ethyl adjacent to an activating group) is 1. The van der Waals surface area contributed by atoms with E-state index in [1.807, 2.05) is 32.9 Å². The summed E-state index contributed by atoms with van der Waals surface area (Å²) in [6.45, 7) is 9.31. The normalized spacial score (nSPS) is 17.1. The molecule has 1 fully saturated rings. The van der Waals surface area contributed by atoms with Crippen LogP contribution in [-0.4, -0.2) is 50.8 Å².